The van der Waals surface area contributed by atoms with Gasteiger partial charge in [0.15, 0.2) is 0 Å². The maximum atomic E-state index is 13.6. The average molecular weight is 368 g/mol. The zero-order valence-corrected chi connectivity index (χ0v) is 14.6. The Morgan fingerprint density at radius 2 is 2.13 bits per heavy atom. The summed E-state index contributed by atoms with van der Waals surface area (Å²) in [7, 11) is 1.83. The number of rotatable bonds is 6. The highest BCUT2D eigenvalue weighted by molar-refractivity contribution is 5.85. The minimum atomic E-state index is -0.437. The predicted octanol–water partition coefficient (Wildman–Crippen LogP) is 1.33. The van der Waals surface area contributed by atoms with Crippen LogP contribution in [0, 0.1) is 5.82 Å². The summed E-state index contributed by atoms with van der Waals surface area (Å²) >= 11 is 0. The van der Waals surface area contributed by atoms with Crippen molar-refractivity contribution in [1.82, 2.24) is 10.6 Å². The van der Waals surface area contributed by atoms with E-state index in [0.717, 1.165) is 6.42 Å². The molecule has 3 N–H and O–H groups in total. The van der Waals surface area contributed by atoms with Crippen LogP contribution in [-0.4, -0.2) is 49.8 Å². The van der Waals surface area contributed by atoms with Crippen molar-refractivity contribution >= 4 is 36.4 Å². The Balaban J connectivity index is 0.00000242. The van der Waals surface area contributed by atoms with Crippen LogP contribution in [-0.2, 0) is 4.79 Å². The number of β-amino-alcohol motifs (C(OH)–C–C–N with tert-alkyl or cyclic N) is 1. The fourth-order valence-corrected chi connectivity index (χ4v) is 2.45. The maximum absolute atomic E-state index is 13.6. The number of aliphatic hydroxyl groups is 1. The minimum Gasteiger partial charge on any atom is -0.392 e. The van der Waals surface area contributed by atoms with Crippen molar-refractivity contribution in [2.75, 3.05) is 31.6 Å². The van der Waals surface area contributed by atoms with Crippen molar-refractivity contribution < 1.29 is 14.3 Å². The van der Waals surface area contributed by atoms with Gasteiger partial charge in [0, 0.05) is 26.7 Å². The number of benzene rings is 1. The molecule has 1 aromatic rings. The molecule has 1 aliphatic heterocycles. The lowest BCUT2D eigenvalue weighted by Crippen LogP contribution is -2.41. The summed E-state index contributed by atoms with van der Waals surface area (Å²) in [6, 6.07) is 6.33. The van der Waals surface area contributed by atoms with Crippen LogP contribution in [0.25, 0.3) is 0 Å². The number of para-hydroxylation sites is 1. The topological polar surface area (TPSA) is 64.6 Å². The van der Waals surface area contributed by atoms with Gasteiger partial charge in [-0.05, 0) is 25.0 Å². The second-order valence-corrected chi connectivity index (χ2v) is 5.37. The SMILES string of the molecule is CN(CCCNC(=O)C1CC(O)CN1)c1ccccc1F.Cl.Cl. The van der Waals surface area contributed by atoms with Gasteiger partial charge in [0.25, 0.3) is 0 Å². The van der Waals surface area contributed by atoms with E-state index in [1.807, 2.05) is 11.9 Å². The molecular weight excluding hydrogens is 344 g/mol. The Morgan fingerprint density at radius 1 is 1.43 bits per heavy atom. The Bertz CT molecular complexity index is 494. The third-order valence-corrected chi connectivity index (χ3v) is 3.66. The van der Waals surface area contributed by atoms with Gasteiger partial charge >= 0.3 is 0 Å². The van der Waals surface area contributed by atoms with Crippen LogP contribution in [0.3, 0.4) is 0 Å². The van der Waals surface area contributed by atoms with Crippen molar-refractivity contribution in [3.05, 3.63) is 30.1 Å². The molecule has 1 aromatic carbocycles. The summed E-state index contributed by atoms with van der Waals surface area (Å²) in [5.41, 5.74) is 0.560. The molecule has 23 heavy (non-hydrogen) atoms. The third kappa shape index (κ3) is 6.51. The number of aliphatic hydroxyl groups excluding tert-OH is 1. The number of hydrogen-bond acceptors (Lipinski definition) is 4. The smallest absolute Gasteiger partial charge is 0.237 e. The van der Waals surface area contributed by atoms with E-state index in [9.17, 15) is 14.3 Å². The highest BCUT2D eigenvalue weighted by Crippen LogP contribution is 2.16. The van der Waals surface area contributed by atoms with E-state index in [1.54, 1.807) is 18.2 Å². The summed E-state index contributed by atoms with van der Waals surface area (Å²) in [6.07, 6.45) is 0.750. The number of nitrogens with zero attached hydrogens (tertiary/aromatic N) is 1. The van der Waals surface area contributed by atoms with Crippen molar-refractivity contribution in [3.63, 3.8) is 0 Å². The molecule has 2 unspecified atom stereocenters. The van der Waals surface area contributed by atoms with Gasteiger partial charge in [-0.15, -0.1) is 24.8 Å². The number of amides is 1. The number of carbonyl (C=O) groups is 1. The monoisotopic (exact) mass is 367 g/mol. The second-order valence-electron chi connectivity index (χ2n) is 5.37. The van der Waals surface area contributed by atoms with Gasteiger partial charge in [-0.1, -0.05) is 12.1 Å². The van der Waals surface area contributed by atoms with Gasteiger partial charge < -0.3 is 20.6 Å². The molecule has 0 aromatic heterocycles. The molecule has 1 aliphatic rings. The Morgan fingerprint density at radius 3 is 2.74 bits per heavy atom. The fraction of sp³-hybridized carbons (Fsp3) is 0.533. The lowest BCUT2D eigenvalue weighted by atomic mass is 10.2. The molecule has 5 nitrogen and oxygen atoms in total. The second kappa shape index (κ2) is 10.6. The average Bonchev–Trinajstić information content (AvgIpc) is 2.90. The molecule has 8 heteroatoms. The number of hydrogen-bond donors (Lipinski definition) is 3. The van der Waals surface area contributed by atoms with Crippen molar-refractivity contribution in [2.24, 2.45) is 0 Å². The molecule has 2 atom stereocenters. The summed E-state index contributed by atoms with van der Waals surface area (Å²) in [4.78, 5) is 13.6. The van der Waals surface area contributed by atoms with E-state index in [-0.39, 0.29) is 42.6 Å². The summed E-state index contributed by atoms with van der Waals surface area (Å²) < 4.78 is 13.6. The van der Waals surface area contributed by atoms with Gasteiger partial charge in [0.2, 0.25) is 5.91 Å². The molecule has 1 fully saturated rings. The number of anilines is 1. The van der Waals surface area contributed by atoms with Gasteiger partial charge in [-0.3, -0.25) is 4.79 Å². The highest BCUT2D eigenvalue weighted by Gasteiger charge is 2.27. The van der Waals surface area contributed by atoms with Crippen LogP contribution < -0.4 is 15.5 Å². The normalized spacial score (nSPS) is 19.4. The first kappa shape index (κ1) is 21.9. The molecule has 0 spiro atoms. The van der Waals surface area contributed by atoms with E-state index in [4.69, 9.17) is 0 Å². The maximum Gasteiger partial charge on any atom is 0.237 e. The van der Waals surface area contributed by atoms with Crippen LogP contribution in [0.1, 0.15) is 12.8 Å². The van der Waals surface area contributed by atoms with E-state index < -0.39 is 6.10 Å². The van der Waals surface area contributed by atoms with Crippen LogP contribution in [0.5, 0.6) is 0 Å². The first-order valence-corrected chi connectivity index (χ1v) is 7.22. The summed E-state index contributed by atoms with van der Waals surface area (Å²) in [5, 5.41) is 15.2. The Labute approximate surface area is 148 Å². The molecule has 1 saturated heterocycles. The Hall–Kier alpha value is -1.08. The van der Waals surface area contributed by atoms with E-state index in [1.165, 1.54) is 6.07 Å². The molecular formula is C15H24Cl2FN3O2. The molecule has 0 saturated carbocycles. The third-order valence-electron chi connectivity index (χ3n) is 3.66. The number of halogens is 3. The molecule has 0 aliphatic carbocycles. The van der Waals surface area contributed by atoms with Gasteiger partial charge in [0.05, 0.1) is 17.8 Å². The van der Waals surface area contributed by atoms with Gasteiger partial charge in [-0.25, -0.2) is 4.39 Å². The lowest BCUT2D eigenvalue weighted by molar-refractivity contribution is -0.122. The zero-order chi connectivity index (χ0) is 15.2. The first-order chi connectivity index (χ1) is 10.1. The van der Waals surface area contributed by atoms with Crippen LogP contribution >= 0.6 is 24.8 Å². The standard InChI is InChI=1S/C15H22FN3O2.2ClH/c1-19(14-6-3-2-5-12(14)16)8-4-7-17-15(21)13-9-11(20)10-18-13;;/h2-3,5-6,11,13,18,20H,4,7-10H2,1H3,(H,17,21);2*1H. The minimum absolute atomic E-state index is 0. The van der Waals surface area contributed by atoms with E-state index >= 15 is 0 Å². The van der Waals surface area contributed by atoms with Crippen LogP contribution in [0.2, 0.25) is 0 Å². The number of carbonyl (C=O) groups excluding carboxylic acids is 1. The molecule has 1 amide bonds. The molecule has 1 heterocycles. The first-order valence-electron chi connectivity index (χ1n) is 7.22. The van der Waals surface area contributed by atoms with Crippen molar-refractivity contribution in [2.45, 2.75) is 25.0 Å². The van der Waals surface area contributed by atoms with Crippen LogP contribution in [0.15, 0.2) is 24.3 Å². The molecule has 2 rings (SSSR count). The fourth-order valence-electron chi connectivity index (χ4n) is 2.45. The molecule has 0 bridgehead atoms. The van der Waals surface area contributed by atoms with Crippen molar-refractivity contribution in [1.29, 1.82) is 0 Å². The molecule has 0 radical (unpaired) electrons. The van der Waals surface area contributed by atoms with Gasteiger partial charge in [0.1, 0.15) is 5.82 Å². The Kier molecular flexibility index (Phi) is 10.1. The predicted molar refractivity (Wildman–Crippen MR) is 94.2 cm³/mol. The largest absolute Gasteiger partial charge is 0.392 e. The summed E-state index contributed by atoms with van der Waals surface area (Å²) in [5.74, 6) is -0.326. The highest BCUT2D eigenvalue weighted by atomic mass is 35.5. The quantitative estimate of drug-likeness (QED) is 0.663. The van der Waals surface area contributed by atoms with E-state index in [0.29, 0.717) is 31.7 Å². The van der Waals surface area contributed by atoms with Gasteiger partial charge in [-0.2, -0.15) is 0 Å². The zero-order valence-electron chi connectivity index (χ0n) is 13.0. The van der Waals surface area contributed by atoms with E-state index in [2.05, 4.69) is 10.6 Å². The molecule has 132 valence electrons. The van der Waals surface area contributed by atoms with Crippen LogP contribution in [0.4, 0.5) is 10.1 Å². The number of nitrogens with one attached hydrogen (secondary N) is 2. The summed E-state index contributed by atoms with van der Waals surface area (Å²) in [6.45, 7) is 1.65. The van der Waals surface area contributed by atoms with Crippen molar-refractivity contribution in [3.8, 4) is 0 Å². The lowest BCUT2D eigenvalue weighted by Gasteiger charge is -2.20.